The fourth-order valence-corrected chi connectivity index (χ4v) is 7.78. The van der Waals surface area contributed by atoms with Gasteiger partial charge in [0.25, 0.3) is 23.6 Å². The van der Waals surface area contributed by atoms with Gasteiger partial charge in [0, 0.05) is 48.1 Å². The summed E-state index contributed by atoms with van der Waals surface area (Å²) in [6, 6.07) is 16.5. The summed E-state index contributed by atoms with van der Waals surface area (Å²) < 4.78 is 27.7. The highest BCUT2D eigenvalue weighted by molar-refractivity contribution is 6.23. The van der Waals surface area contributed by atoms with Gasteiger partial charge in [-0.1, -0.05) is 0 Å². The summed E-state index contributed by atoms with van der Waals surface area (Å²) in [6.07, 6.45) is 2.58. The van der Waals surface area contributed by atoms with E-state index in [9.17, 15) is 28.8 Å². The number of aromatic nitrogens is 2. The Hall–Kier alpha value is -6.09. The van der Waals surface area contributed by atoms with Crippen LogP contribution in [0.3, 0.4) is 0 Å². The highest BCUT2D eigenvalue weighted by atomic mass is 16.6. The Morgan fingerprint density at radius 2 is 1.32 bits per heavy atom. The van der Waals surface area contributed by atoms with Crippen molar-refractivity contribution in [1.29, 1.82) is 0 Å². The van der Waals surface area contributed by atoms with Crippen LogP contribution in [0.25, 0.3) is 11.0 Å². The van der Waals surface area contributed by atoms with Gasteiger partial charge in [0.15, 0.2) is 0 Å². The summed E-state index contributed by atoms with van der Waals surface area (Å²) >= 11 is 0. The minimum atomic E-state index is -1.00. The molecule has 346 valence electrons. The number of aromatic amines is 1. The monoisotopic (exact) mass is 896 g/mol. The maximum atomic E-state index is 13.0. The van der Waals surface area contributed by atoms with Gasteiger partial charge in [0.1, 0.15) is 11.9 Å². The van der Waals surface area contributed by atoms with E-state index in [0.717, 1.165) is 34.8 Å². The van der Waals surface area contributed by atoms with Crippen molar-refractivity contribution in [3.63, 3.8) is 0 Å². The molecule has 0 radical (unpaired) electrons. The van der Waals surface area contributed by atoms with Crippen LogP contribution in [0.5, 0.6) is 0 Å². The first-order chi connectivity index (χ1) is 31.6. The lowest BCUT2D eigenvalue weighted by molar-refractivity contribution is -0.136. The number of carbonyl (C=O) groups excluding carboxylic acids is 6. The fourth-order valence-electron chi connectivity index (χ4n) is 7.78. The average Bonchev–Trinajstić information content (AvgIpc) is 3.98. The van der Waals surface area contributed by atoms with Crippen molar-refractivity contribution >= 4 is 57.9 Å². The third-order valence-corrected chi connectivity index (χ3v) is 11.3. The fraction of sp³-hybridized carbons (Fsp3) is 0.457. The number of rotatable bonds is 25. The van der Waals surface area contributed by atoms with Gasteiger partial charge in [0.05, 0.1) is 94.8 Å². The van der Waals surface area contributed by atoms with Crippen molar-refractivity contribution in [3.8, 4) is 0 Å². The zero-order chi connectivity index (χ0) is 45.5. The molecule has 2 saturated heterocycles. The second-order valence-electron chi connectivity index (χ2n) is 15.9. The minimum Gasteiger partial charge on any atom is -0.383 e. The molecule has 0 aliphatic carbocycles. The number of hydrogen-bond donors (Lipinski definition) is 5. The standard InChI is InChI=1S/C46H56N8O11/c1-30-3-2-16-53(30)29-40-50-37-11-9-34(28-38(37)51-40)49-43(57)32-6-4-31(5-7-32)42(56)48-15-18-62-20-22-64-24-26-65-25-23-63-21-19-61-17-14-47-33-8-10-35-36(27-33)46(60)54(45(35)59)39-12-13-41(55)52-44(39)58/h4-11,27-28,30,39,47H,2-3,12-26,29H2,1H3,(H,48,56)(H,49,57)(H,50,51)(H,52,55,58)/t30-,39?/m0/s1. The topological polar surface area (TPSA) is 232 Å². The van der Waals surface area contributed by atoms with E-state index in [0.29, 0.717) is 108 Å². The number of H-pyrrole nitrogens is 1. The molecule has 4 aromatic rings. The molecule has 19 nitrogen and oxygen atoms in total. The molecule has 0 spiro atoms. The van der Waals surface area contributed by atoms with E-state index in [2.05, 4.69) is 38.1 Å². The molecular formula is C46H56N8O11. The van der Waals surface area contributed by atoms with Crippen LogP contribution in [0.4, 0.5) is 11.4 Å². The Kier molecular flexibility index (Phi) is 16.7. The first-order valence-electron chi connectivity index (χ1n) is 22.0. The number of imide groups is 2. The number of anilines is 2. The lowest BCUT2D eigenvalue weighted by Gasteiger charge is -2.27. The van der Waals surface area contributed by atoms with E-state index in [1.165, 1.54) is 12.8 Å². The predicted molar refractivity (Wildman–Crippen MR) is 238 cm³/mol. The molecule has 3 aliphatic rings. The van der Waals surface area contributed by atoms with E-state index >= 15 is 0 Å². The average molecular weight is 897 g/mol. The summed E-state index contributed by atoms with van der Waals surface area (Å²) in [7, 11) is 0. The van der Waals surface area contributed by atoms with Gasteiger partial charge < -0.3 is 44.6 Å². The van der Waals surface area contributed by atoms with Crippen LogP contribution in [0.1, 0.15) is 79.9 Å². The van der Waals surface area contributed by atoms with Crippen molar-refractivity contribution in [2.75, 3.05) is 96.3 Å². The molecule has 4 heterocycles. The van der Waals surface area contributed by atoms with E-state index in [1.54, 1.807) is 42.5 Å². The number of fused-ring (bicyclic) bond motifs is 2. The van der Waals surface area contributed by atoms with Crippen LogP contribution in [-0.2, 0) is 39.8 Å². The second kappa shape index (κ2) is 23.2. The Bertz CT molecular complexity index is 2320. The number of amides is 6. The molecule has 7 rings (SSSR count). The molecule has 3 aromatic carbocycles. The molecule has 65 heavy (non-hydrogen) atoms. The van der Waals surface area contributed by atoms with Crippen molar-refractivity contribution < 1.29 is 52.5 Å². The van der Waals surface area contributed by atoms with Gasteiger partial charge in [-0.3, -0.25) is 43.9 Å². The maximum Gasteiger partial charge on any atom is 0.262 e. The van der Waals surface area contributed by atoms with Crippen LogP contribution in [0.15, 0.2) is 60.7 Å². The zero-order valence-electron chi connectivity index (χ0n) is 36.5. The third kappa shape index (κ3) is 12.8. The summed E-state index contributed by atoms with van der Waals surface area (Å²) in [5, 5.41) is 11.1. The number of likely N-dealkylation sites (tertiary alicyclic amines) is 1. The van der Waals surface area contributed by atoms with E-state index in [1.807, 2.05) is 18.2 Å². The molecule has 3 aliphatic heterocycles. The predicted octanol–water partition coefficient (Wildman–Crippen LogP) is 3.13. The van der Waals surface area contributed by atoms with Crippen molar-refractivity contribution in [2.45, 2.75) is 51.2 Å². The number of nitrogens with one attached hydrogen (secondary N) is 5. The van der Waals surface area contributed by atoms with Gasteiger partial charge in [0.2, 0.25) is 11.8 Å². The highest BCUT2D eigenvalue weighted by Crippen LogP contribution is 2.30. The summed E-state index contributed by atoms with van der Waals surface area (Å²) in [5.74, 6) is -1.80. The van der Waals surface area contributed by atoms with Crippen LogP contribution >= 0.6 is 0 Å². The number of benzene rings is 3. The number of hydrogen-bond acceptors (Lipinski definition) is 14. The summed E-state index contributed by atoms with van der Waals surface area (Å²) in [6.45, 7) is 8.68. The van der Waals surface area contributed by atoms with Gasteiger partial charge in [-0.2, -0.15) is 0 Å². The van der Waals surface area contributed by atoms with Crippen LogP contribution in [0, 0.1) is 0 Å². The Labute approximate surface area is 376 Å². The first kappa shape index (κ1) is 46.9. The molecule has 2 fully saturated rings. The lowest BCUT2D eigenvalue weighted by atomic mass is 10.0. The van der Waals surface area contributed by atoms with Gasteiger partial charge in [-0.05, 0) is 93.4 Å². The Balaban J connectivity index is 0.650. The highest BCUT2D eigenvalue weighted by Gasteiger charge is 2.44. The normalized spacial score (nSPS) is 17.5. The van der Waals surface area contributed by atoms with Crippen molar-refractivity contribution in [3.05, 3.63) is 88.7 Å². The van der Waals surface area contributed by atoms with Gasteiger partial charge in [-0.25, -0.2) is 4.98 Å². The Morgan fingerprint density at radius 1 is 0.708 bits per heavy atom. The number of carbonyl (C=O) groups is 6. The lowest BCUT2D eigenvalue weighted by Crippen LogP contribution is -2.54. The number of piperidine rings is 1. The molecule has 0 saturated carbocycles. The van der Waals surface area contributed by atoms with Crippen LogP contribution in [0.2, 0.25) is 0 Å². The minimum absolute atomic E-state index is 0.0645. The number of nitrogens with zero attached hydrogens (tertiary/aromatic N) is 3. The second-order valence-corrected chi connectivity index (χ2v) is 15.9. The smallest absolute Gasteiger partial charge is 0.262 e. The van der Waals surface area contributed by atoms with E-state index < -0.39 is 29.7 Å². The molecular weight excluding hydrogens is 841 g/mol. The van der Waals surface area contributed by atoms with Gasteiger partial charge in [-0.15, -0.1) is 0 Å². The molecule has 1 aromatic heterocycles. The van der Waals surface area contributed by atoms with Crippen molar-refractivity contribution in [1.82, 2.24) is 30.4 Å². The molecule has 2 atom stereocenters. The number of imidazole rings is 1. The summed E-state index contributed by atoms with van der Waals surface area (Å²) in [5.41, 5.74) is 4.29. The molecule has 0 bridgehead atoms. The number of ether oxygens (including phenoxy) is 5. The first-order valence-corrected chi connectivity index (χ1v) is 22.0. The maximum absolute atomic E-state index is 13.0. The van der Waals surface area contributed by atoms with Crippen LogP contribution < -0.4 is 21.3 Å². The molecule has 19 heteroatoms. The summed E-state index contributed by atoms with van der Waals surface area (Å²) in [4.78, 5) is 86.6. The van der Waals surface area contributed by atoms with E-state index in [-0.39, 0.29) is 35.8 Å². The quantitative estimate of drug-likeness (QED) is 0.0476. The zero-order valence-corrected chi connectivity index (χ0v) is 36.5. The molecule has 1 unspecified atom stereocenters. The van der Waals surface area contributed by atoms with Gasteiger partial charge >= 0.3 is 0 Å². The van der Waals surface area contributed by atoms with Crippen LogP contribution in [-0.4, -0.2) is 153 Å². The van der Waals surface area contributed by atoms with Crippen molar-refractivity contribution in [2.24, 2.45) is 0 Å². The SMILES string of the molecule is C[C@H]1CCCN1Cc1nc2cc(NC(=O)c3ccc(C(=O)NCCOCCOCCOCCOCCOCCNc4ccc5c(c4)C(=O)N(C4CCC(=O)NC4=O)C5=O)cc3)ccc2[nH]1. The molecule has 5 N–H and O–H groups in total. The van der Waals surface area contributed by atoms with E-state index in [4.69, 9.17) is 28.7 Å². The molecule has 6 amide bonds. The Morgan fingerprint density at radius 3 is 1.97 bits per heavy atom. The third-order valence-electron chi connectivity index (χ3n) is 11.3. The largest absolute Gasteiger partial charge is 0.383 e.